The largest absolute Gasteiger partial charge is 0.435 e. The summed E-state index contributed by atoms with van der Waals surface area (Å²) in [5, 5.41) is 4.48. The van der Waals surface area contributed by atoms with Crippen LogP contribution in [0.5, 0.6) is 0 Å². The van der Waals surface area contributed by atoms with Crippen LogP contribution in [0.1, 0.15) is 96.0 Å². The van der Waals surface area contributed by atoms with E-state index in [2.05, 4.69) is 110 Å². The highest BCUT2D eigenvalue weighted by Crippen LogP contribution is 2.18. The van der Waals surface area contributed by atoms with E-state index in [0.717, 1.165) is 20.7 Å². The molecule has 0 aliphatic rings. The summed E-state index contributed by atoms with van der Waals surface area (Å²) < 4.78 is 25.4. The van der Waals surface area contributed by atoms with Crippen LogP contribution in [0, 0.1) is 0 Å². The molecule has 4 aromatic rings. The fourth-order valence-corrected chi connectivity index (χ4v) is 20.5. The van der Waals surface area contributed by atoms with Crippen LogP contribution in [0.25, 0.3) is 0 Å². The fourth-order valence-electron chi connectivity index (χ4n) is 5.16. The highest BCUT2D eigenvalue weighted by Gasteiger charge is 2.51. The molecular formula is C45H97N3O4Si4. The lowest BCUT2D eigenvalue weighted by Crippen LogP contribution is -2.76. The number of nitrogens with two attached hydrogens (primary N) is 3. The maximum atomic E-state index is 7.49. The Labute approximate surface area is 356 Å². The number of hydrogen-bond acceptors (Lipinski definition) is 7. The highest BCUT2D eigenvalue weighted by molar-refractivity contribution is 7.07. The van der Waals surface area contributed by atoms with E-state index in [1.165, 1.54) is 0 Å². The molecule has 6 N–H and O–H groups in total. The molecule has 11 heteroatoms. The zero-order chi connectivity index (χ0) is 32.1. The van der Waals surface area contributed by atoms with Gasteiger partial charge in [-0.15, -0.1) is 0 Å². The molecule has 4 aromatic carbocycles. The first-order valence-corrected chi connectivity index (χ1v) is 24.9. The van der Waals surface area contributed by atoms with Gasteiger partial charge in [0, 0.05) is 18.9 Å². The van der Waals surface area contributed by atoms with Crippen LogP contribution < -0.4 is 37.9 Å². The third-order valence-corrected chi connectivity index (χ3v) is 21.7. The lowest BCUT2D eigenvalue weighted by molar-refractivity contribution is 0.254. The molecule has 0 unspecified atom stereocenters. The van der Waals surface area contributed by atoms with Crippen molar-refractivity contribution in [3.8, 4) is 0 Å². The van der Waals surface area contributed by atoms with Gasteiger partial charge in [-0.25, -0.2) is 0 Å². The molecule has 0 bridgehead atoms. The van der Waals surface area contributed by atoms with E-state index in [4.69, 9.17) is 34.3 Å². The first-order chi connectivity index (χ1) is 21.1. The van der Waals surface area contributed by atoms with Gasteiger partial charge in [0.05, 0.1) is 6.73 Å². The minimum Gasteiger partial charge on any atom is -0.435 e. The van der Waals surface area contributed by atoms with Crippen molar-refractivity contribution >= 4 is 54.5 Å². The summed E-state index contributed by atoms with van der Waals surface area (Å²) in [7, 11) is -9.63. The Morgan fingerprint density at radius 2 is 0.714 bits per heavy atom. The van der Waals surface area contributed by atoms with Gasteiger partial charge in [0.25, 0.3) is 8.32 Å². The normalized spacial score (nSPS) is 9.71. The van der Waals surface area contributed by atoms with E-state index in [-0.39, 0.29) is 95.9 Å². The van der Waals surface area contributed by atoms with Crippen molar-refractivity contribution in [3.05, 3.63) is 121 Å². The first kappa shape index (κ1) is 77.9. The number of rotatable bonds is 14. The smallest absolute Gasteiger partial charge is 0.397 e. The molecule has 0 heterocycles. The molecule has 0 amide bonds. The Morgan fingerprint density at radius 1 is 0.411 bits per heavy atom. The van der Waals surface area contributed by atoms with Gasteiger partial charge in [-0.1, -0.05) is 210 Å². The van der Waals surface area contributed by atoms with E-state index in [1.807, 2.05) is 44.3 Å². The van der Waals surface area contributed by atoms with Crippen LogP contribution >= 0.6 is 0 Å². The minimum absolute atomic E-state index is 0. The minimum atomic E-state index is -3.09. The third kappa shape index (κ3) is 20.8. The fraction of sp³-hybridized carbons (Fsp3) is 0.467. The van der Waals surface area contributed by atoms with Crippen molar-refractivity contribution in [3.63, 3.8) is 0 Å². The molecule has 56 heavy (non-hydrogen) atoms. The van der Waals surface area contributed by atoms with Gasteiger partial charge in [0.1, 0.15) is 0 Å². The molecule has 0 atom stereocenters. The molecule has 0 radical (unpaired) electrons. The summed E-state index contributed by atoms with van der Waals surface area (Å²) in [5.41, 5.74) is 17.5. The van der Waals surface area contributed by atoms with E-state index in [1.54, 1.807) is 0 Å². The van der Waals surface area contributed by atoms with Crippen LogP contribution in [-0.2, 0) is 17.1 Å². The predicted octanol–water partition coefficient (Wildman–Crippen LogP) is 10.5. The van der Waals surface area contributed by atoms with Crippen molar-refractivity contribution in [2.75, 3.05) is 25.7 Å². The Bertz CT molecular complexity index is 1290. The Balaban J connectivity index is -0.0000000982. The van der Waals surface area contributed by atoms with Crippen molar-refractivity contribution < 1.29 is 17.1 Å². The van der Waals surface area contributed by atoms with Gasteiger partial charge < -0.3 is 34.3 Å². The van der Waals surface area contributed by atoms with Crippen molar-refractivity contribution in [1.29, 1.82) is 0 Å². The van der Waals surface area contributed by atoms with Gasteiger partial charge in [0.2, 0.25) is 0 Å². The van der Waals surface area contributed by atoms with E-state index in [0.29, 0.717) is 18.9 Å². The standard InChI is InChI=1S/C27H29NO2Si2.C6H20N2O2Si2.12CH4/c1-2-29-32(26-19-11-5-12-20-26,27-21-13-6-14-22-27)30-31(23-28,24-15-7-3-8-16-24)25-17-9-4-10-18-25;1-11(2,6-8)10-12(3,4)9-5-7;;;;;;;;;;;;/h3-22H,2,23,28H2,1H3;5-8H2,1-4H3;12*1H4. The van der Waals surface area contributed by atoms with Crippen molar-refractivity contribution in [2.45, 2.75) is 122 Å². The lowest BCUT2D eigenvalue weighted by atomic mass is 10.4. The lowest BCUT2D eigenvalue weighted by Gasteiger charge is -2.41. The maximum Gasteiger partial charge on any atom is 0.397 e. The summed E-state index contributed by atoms with van der Waals surface area (Å²) in [6.45, 7) is 11.0. The molecule has 0 aliphatic heterocycles. The van der Waals surface area contributed by atoms with Gasteiger partial charge in [0.15, 0.2) is 8.32 Å². The summed E-state index contributed by atoms with van der Waals surface area (Å²) in [5.74, 6) is 0. The molecule has 0 fully saturated rings. The highest BCUT2D eigenvalue weighted by atomic mass is 28.4. The second kappa shape index (κ2) is 36.8. The zero-order valence-electron chi connectivity index (χ0n) is 26.7. The Kier molecular flexibility index (Phi) is 51.2. The van der Waals surface area contributed by atoms with Crippen molar-refractivity contribution in [2.24, 2.45) is 17.2 Å². The van der Waals surface area contributed by atoms with Gasteiger partial charge in [-0.3, -0.25) is 0 Å². The van der Waals surface area contributed by atoms with Gasteiger partial charge in [-0.05, 0) is 53.9 Å². The van der Waals surface area contributed by atoms with Gasteiger partial charge in [-0.2, -0.15) is 0 Å². The second-order valence-corrected chi connectivity index (χ2v) is 26.0. The Morgan fingerprint density at radius 3 is 0.964 bits per heavy atom. The van der Waals surface area contributed by atoms with Gasteiger partial charge >= 0.3 is 17.1 Å². The predicted molar refractivity (Wildman–Crippen MR) is 274 cm³/mol. The maximum absolute atomic E-state index is 7.49. The van der Waals surface area contributed by atoms with Crippen LogP contribution in [-0.4, -0.2) is 59.4 Å². The Hall–Kier alpha value is -2.53. The topological polar surface area (TPSA) is 115 Å². The summed E-state index contributed by atoms with van der Waals surface area (Å²) in [4.78, 5) is 0. The zero-order valence-corrected chi connectivity index (χ0v) is 30.7. The molecule has 0 spiro atoms. The van der Waals surface area contributed by atoms with E-state index in [9.17, 15) is 0 Å². The van der Waals surface area contributed by atoms with Crippen LogP contribution in [0.3, 0.4) is 0 Å². The summed E-state index contributed by atoms with van der Waals surface area (Å²) >= 11 is 0. The molecule has 4 rings (SSSR count). The monoisotopic (exact) mass is 856 g/mol. The van der Waals surface area contributed by atoms with Crippen LogP contribution in [0.2, 0.25) is 26.2 Å². The quantitative estimate of drug-likeness (QED) is 0.0855. The van der Waals surface area contributed by atoms with Crippen LogP contribution in [0.15, 0.2) is 121 Å². The number of benzene rings is 4. The SMILES string of the molecule is C.C.C.C.C.C.C.C.C.C.C.C.CCO[Si](O[Si](CN)(c1ccccc1)c1ccccc1)(c1ccccc1)c1ccccc1.C[Si](C)(CN)O[Si](C)(C)OCN. The first-order valence-electron chi connectivity index (χ1n) is 15.1. The summed E-state index contributed by atoms with van der Waals surface area (Å²) in [6, 6.07) is 41.7. The molecular weight excluding hydrogens is 759 g/mol. The molecule has 0 aliphatic carbocycles. The molecule has 0 saturated carbocycles. The molecule has 7 nitrogen and oxygen atoms in total. The molecule has 0 saturated heterocycles. The third-order valence-electron chi connectivity index (χ3n) is 7.19. The van der Waals surface area contributed by atoms with E-state index < -0.39 is 33.8 Å². The van der Waals surface area contributed by atoms with Crippen LogP contribution in [0.4, 0.5) is 0 Å². The average molecular weight is 857 g/mol. The average Bonchev–Trinajstić information content (AvgIpc) is 3.04. The second-order valence-electron chi connectivity index (χ2n) is 11.4. The van der Waals surface area contributed by atoms with E-state index >= 15 is 0 Å². The molecule has 332 valence electrons. The van der Waals surface area contributed by atoms with Crippen molar-refractivity contribution in [1.82, 2.24) is 0 Å². The molecule has 0 aromatic heterocycles. The number of hydrogen-bond donors (Lipinski definition) is 3. The summed E-state index contributed by atoms with van der Waals surface area (Å²) in [6.07, 6.45) is 1.04.